The van der Waals surface area contributed by atoms with Gasteiger partial charge in [-0.15, -0.1) is 0 Å². The van der Waals surface area contributed by atoms with Crippen molar-refractivity contribution in [1.82, 2.24) is 14.3 Å². The van der Waals surface area contributed by atoms with Crippen molar-refractivity contribution >= 4 is 27.7 Å². The van der Waals surface area contributed by atoms with E-state index in [1.807, 2.05) is 54.6 Å². The summed E-state index contributed by atoms with van der Waals surface area (Å²) in [6.45, 7) is 1.04. The Morgan fingerprint density at radius 3 is 2.59 bits per heavy atom. The lowest BCUT2D eigenvalue weighted by Gasteiger charge is -2.11. The fourth-order valence-corrected chi connectivity index (χ4v) is 4.41. The molecular formula is C24H26N4O3S. The quantitative estimate of drug-likeness (QED) is 0.546. The molecular weight excluding hydrogens is 424 g/mol. The van der Waals surface area contributed by atoms with Crippen molar-refractivity contribution in [3.05, 3.63) is 77.6 Å². The van der Waals surface area contributed by atoms with Crippen LogP contribution in [-0.2, 0) is 27.8 Å². The van der Waals surface area contributed by atoms with Crippen molar-refractivity contribution < 1.29 is 13.2 Å². The Bertz CT molecular complexity index is 1180. The van der Waals surface area contributed by atoms with Gasteiger partial charge in [0.05, 0.1) is 5.69 Å². The van der Waals surface area contributed by atoms with Gasteiger partial charge in [-0.1, -0.05) is 42.5 Å². The van der Waals surface area contributed by atoms with Gasteiger partial charge >= 0.3 is 0 Å². The second-order valence-corrected chi connectivity index (χ2v) is 9.37. The third-order valence-corrected chi connectivity index (χ3v) is 6.37. The van der Waals surface area contributed by atoms with Gasteiger partial charge in [0.1, 0.15) is 5.82 Å². The number of benzene rings is 2. The van der Waals surface area contributed by atoms with E-state index in [1.165, 1.54) is 18.9 Å². The molecule has 0 aliphatic carbocycles. The lowest BCUT2D eigenvalue weighted by Crippen LogP contribution is -2.26. The standard InChI is InChI=1S/C24H26N4O3S/c29-24(13-15-25-32(30,31)17-14-19-6-2-1-3-7-19)26-21-11-9-20(10-12-21)22-18-28-16-5-4-8-23(28)27-22/h1-3,6-7,9-12,14,17-18,25H,4-5,8,13,15-16H2,(H,26,29). The van der Waals surface area contributed by atoms with Crippen LogP contribution in [0.3, 0.4) is 0 Å². The number of aryl methyl sites for hydroxylation is 2. The lowest BCUT2D eigenvalue weighted by molar-refractivity contribution is -0.116. The van der Waals surface area contributed by atoms with Crippen molar-refractivity contribution in [1.29, 1.82) is 0 Å². The van der Waals surface area contributed by atoms with Gasteiger partial charge in [-0.05, 0) is 36.6 Å². The largest absolute Gasteiger partial charge is 0.334 e. The molecule has 0 saturated carbocycles. The molecule has 0 bridgehead atoms. The first kappa shape index (κ1) is 22.0. The molecule has 2 heterocycles. The number of nitrogens with one attached hydrogen (secondary N) is 2. The van der Waals surface area contributed by atoms with Gasteiger partial charge < -0.3 is 9.88 Å². The first-order valence-electron chi connectivity index (χ1n) is 10.7. The summed E-state index contributed by atoms with van der Waals surface area (Å²) in [6, 6.07) is 16.7. The summed E-state index contributed by atoms with van der Waals surface area (Å²) in [4.78, 5) is 16.9. The monoisotopic (exact) mass is 450 g/mol. The summed E-state index contributed by atoms with van der Waals surface area (Å²) in [5.41, 5.74) is 3.39. The Morgan fingerprint density at radius 1 is 1.06 bits per heavy atom. The molecule has 7 nitrogen and oxygen atoms in total. The third kappa shape index (κ3) is 5.93. The molecule has 4 rings (SSSR count). The zero-order valence-corrected chi connectivity index (χ0v) is 18.5. The molecule has 1 aliphatic heterocycles. The van der Waals surface area contributed by atoms with Crippen molar-refractivity contribution in [2.75, 3.05) is 11.9 Å². The Labute approximate surface area is 188 Å². The molecule has 0 atom stereocenters. The molecule has 1 aromatic heterocycles. The number of aromatic nitrogens is 2. The van der Waals surface area contributed by atoms with Crippen molar-refractivity contribution in [2.24, 2.45) is 0 Å². The van der Waals surface area contributed by atoms with E-state index in [0.717, 1.165) is 41.0 Å². The van der Waals surface area contributed by atoms with E-state index in [1.54, 1.807) is 0 Å². The van der Waals surface area contributed by atoms with Crippen molar-refractivity contribution in [3.63, 3.8) is 0 Å². The first-order chi connectivity index (χ1) is 15.5. The minimum atomic E-state index is -3.61. The van der Waals surface area contributed by atoms with Crippen molar-refractivity contribution in [3.8, 4) is 11.3 Å². The van der Waals surface area contributed by atoms with E-state index in [9.17, 15) is 13.2 Å². The van der Waals surface area contributed by atoms with Gasteiger partial charge in [0.15, 0.2) is 0 Å². The second kappa shape index (κ2) is 9.93. The number of carbonyl (C=O) groups excluding carboxylic acids is 1. The van der Waals surface area contributed by atoms with Crippen LogP contribution in [0.1, 0.15) is 30.7 Å². The van der Waals surface area contributed by atoms with E-state index in [-0.39, 0.29) is 18.9 Å². The summed E-state index contributed by atoms with van der Waals surface area (Å²) < 4.78 is 28.7. The lowest BCUT2D eigenvalue weighted by atomic mass is 10.1. The van der Waals surface area contributed by atoms with Gasteiger partial charge in [0, 0.05) is 48.8 Å². The fraction of sp³-hybridized carbons (Fsp3) is 0.250. The normalized spacial score (nSPS) is 13.8. The number of nitrogens with zero attached hydrogens (tertiary/aromatic N) is 2. The first-order valence-corrected chi connectivity index (χ1v) is 12.2. The Morgan fingerprint density at radius 2 is 1.84 bits per heavy atom. The number of sulfonamides is 1. The zero-order valence-electron chi connectivity index (χ0n) is 17.7. The summed E-state index contributed by atoms with van der Waals surface area (Å²) in [5, 5.41) is 3.90. The fourth-order valence-electron chi connectivity index (χ4n) is 3.59. The highest BCUT2D eigenvalue weighted by Gasteiger charge is 2.13. The highest BCUT2D eigenvalue weighted by molar-refractivity contribution is 7.92. The number of carbonyl (C=O) groups is 1. The molecule has 0 radical (unpaired) electrons. The molecule has 8 heteroatoms. The topological polar surface area (TPSA) is 93.1 Å². The highest BCUT2D eigenvalue weighted by atomic mass is 32.2. The van der Waals surface area contributed by atoms with Crippen LogP contribution in [0.15, 0.2) is 66.2 Å². The van der Waals surface area contributed by atoms with E-state index in [2.05, 4.69) is 20.8 Å². The van der Waals surface area contributed by atoms with Crippen LogP contribution in [0.5, 0.6) is 0 Å². The zero-order chi connectivity index (χ0) is 22.4. The second-order valence-electron chi connectivity index (χ2n) is 7.72. The minimum absolute atomic E-state index is 0.0194. The van der Waals surface area contributed by atoms with E-state index >= 15 is 0 Å². The number of rotatable bonds is 8. The van der Waals surface area contributed by atoms with Gasteiger partial charge in [0.25, 0.3) is 0 Å². The van der Waals surface area contributed by atoms with Gasteiger partial charge in [-0.3, -0.25) is 4.79 Å². The van der Waals surface area contributed by atoms with Gasteiger partial charge in [0.2, 0.25) is 15.9 Å². The van der Waals surface area contributed by atoms with Crippen molar-refractivity contribution in [2.45, 2.75) is 32.2 Å². The van der Waals surface area contributed by atoms with Gasteiger partial charge in [-0.2, -0.15) is 0 Å². The predicted molar refractivity (Wildman–Crippen MR) is 126 cm³/mol. The smallest absolute Gasteiger partial charge is 0.233 e. The molecule has 166 valence electrons. The number of imidazole rings is 1. The summed E-state index contributed by atoms with van der Waals surface area (Å²) in [5.74, 6) is 0.870. The van der Waals surface area contributed by atoms with Crippen LogP contribution in [0.2, 0.25) is 0 Å². The predicted octanol–water partition coefficient (Wildman–Crippen LogP) is 3.81. The molecule has 3 aromatic rings. The Balaban J connectivity index is 1.26. The van der Waals surface area contributed by atoms with Gasteiger partial charge in [-0.25, -0.2) is 18.1 Å². The number of anilines is 1. The van der Waals surface area contributed by atoms with E-state index < -0.39 is 10.0 Å². The molecule has 1 aliphatic rings. The molecule has 2 aromatic carbocycles. The number of hydrogen-bond acceptors (Lipinski definition) is 4. The Kier molecular flexibility index (Phi) is 6.82. The van der Waals surface area contributed by atoms with Crippen LogP contribution in [0.4, 0.5) is 5.69 Å². The average molecular weight is 451 g/mol. The molecule has 32 heavy (non-hydrogen) atoms. The molecule has 1 amide bonds. The maximum atomic E-state index is 12.2. The van der Waals surface area contributed by atoms with E-state index in [0.29, 0.717) is 5.69 Å². The summed E-state index contributed by atoms with van der Waals surface area (Å²) in [7, 11) is -3.61. The molecule has 2 N–H and O–H groups in total. The highest BCUT2D eigenvalue weighted by Crippen LogP contribution is 2.24. The van der Waals surface area contributed by atoms with Crippen LogP contribution in [0.25, 0.3) is 17.3 Å². The SMILES string of the molecule is O=C(CCNS(=O)(=O)C=Cc1ccccc1)Nc1ccc(-c2cn3c(n2)CCCC3)cc1. The summed E-state index contributed by atoms with van der Waals surface area (Å²) >= 11 is 0. The van der Waals surface area contributed by atoms with Crippen LogP contribution in [0, 0.1) is 0 Å². The van der Waals surface area contributed by atoms with Crippen LogP contribution >= 0.6 is 0 Å². The molecule has 0 unspecified atom stereocenters. The maximum Gasteiger partial charge on any atom is 0.233 e. The molecule has 0 fully saturated rings. The third-order valence-electron chi connectivity index (χ3n) is 5.27. The van der Waals surface area contributed by atoms with Crippen LogP contribution in [-0.4, -0.2) is 30.4 Å². The number of fused-ring (bicyclic) bond motifs is 1. The Hall–Kier alpha value is -3.23. The van der Waals surface area contributed by atoms with E-state index in [4.69, 9.17) is 4.98 Å². The minimum Gasteiger partial charge on any atom is -0.334 e. The molecule has 0 spiro atoms. The maximum absolute atomic E-state index is 12.2. The molecule has 0 saturated heterocycles. The average Bonchev–Trinajstić information content (AvgIpc) is 3.23. The number of hydrogen-bond donors (Lipinski definition) is 2. The number of amides is 1. The van der Waals surface area contributed by atoms with Crippen LogP contribution < -0.4 is 10.0 Å². The summed E-state index contributed by atoms with van der Waals surface area (Å²) in [6.07, 6.45) is 7.02.